The van der Waals surface area contributed by atoms with E-state index in [1.54, 1.807) is 30.4 Å². The van der Waals surface area contributed by atoms with Crippen LogP contribution in [0.1, 0.15) is 32.4 Å². The van der Waals surface area contributed by atoms with E-state index >= 15 is 0 Å². The zero-order valence-corrected chi connectivity index (χ0v) is 14.7. The van der Waals surface area contributed by atoms with E-state index in [1.807, 2.05) is 20.8 Å². The molecule has 7 nitrogen and oxygen atoms in total. The average molecular weight is 343 g/mol. The molecule has 0 N–H and O–H groups in total. The second-order valence-electron chi connectivity index (χ2n) is 5.47. The lowest BCUT2D eigenvalue weighted by Gasteiger charge is -2.16. The zero-order chi connectivity index (χ0) is 17.3. The lowest BCUT2D eigenvalue weighted by atomic mass is 10.2. The number of hydrogen-bond acceptors (Lipinski definition) is 7. The fraction of sp³-hybridized carbons (Fsp3) is 0.312. The van der Waals surface area contributed by atoms with Gasteiger partial charge in [0.25, 0.3) is 5.91 Å². The van der Waals surface area contributed by atoms with Gasteiger partial charge in [0.2, 0.25) is 0 Å². The molecular weight excluding hydrogens is 326 g/mol. The molecule has 0 saturated carbocycles. The summed E-state index contributed by atoms with van der Waals surface area (Å²) in [6, 6.07) is 1.74. The molecule has 8 heteroatoms. The number of aryl methyl sites for hydroxylation is 3. The first kappa shape index (κ1) is 16.3. The molecule has 0 aliphatic carbocycles. The minimum absolute atomic E-state index is 0.0906. The zero-order valence-electron chi connectivity index (χ0n) is 13.9. The summed E-state index contributed by atoms with van der Waals surface area (Å²) < 4.78 is 5.15. The van der Waals surface area contributed by atoms with Gasteiger partial charge in [-0.15, -0.1) is 11.3 Å². The Bertz CT molecular complexity index is 852. The molecule has 0 radical (unpaired) electrons. The Morgan fingerprint density at radius 1 is 1.21 bits per heavy atom. The molecule has 0 aromatic carbocycles. The third-order valence-electron chi connectivity index (χ3n) is 3.67. The van der Waals surface area contributed by atoms with Crippen LogP contribution in [0.3, 0.4) is 0 Å². The average Bonchev–Trinajstić information content (AvgIpc) is 3.12. The smallest absolute Gasteiger partial charge is 0.265 e. The number of nitrogens with zero attached hydrogens (tertiary/aromatic N) is 5. The Balaban J connectivity index is 1.84. The van der Waals surface area contributed by atoms with Gasteiger partial charge in [-0.25, -0.2) is 15.0 Å². The molecule has 0 aliphatic heterocycles. The fourth-order valence-electron chi connectivity index (χ4n) is 2.31. The van der Waals surface area contributed by atoms with Gasteiger partial charge in [0.05, 0.1) is 17.9 Å². The van der Waals surface area contributed by atoms with Crippen LogP contribution in [-0.2, 0) is 6.54 Å². The van der Waals surface area contributed by atoms with Crippen LogP contribution >= 0.6 is 11.3 Å². The maximum absolute atomic E-state index is 12.8. The molecule has 3 rings (SSSR count). The van der Waals surface area contributed by atoms with Gasteiger partial charge in [-0.2, -0.15) is 0 Å². The molecule has 1 amide bonds. The van der Waals surface area contributed by atoms with E-state index in [2.05, 4.69) is 20.1 Å². The highest BCUT2D eigenvalue weighted by Gasteiger charge is 2.22. The molecule has 0 atom stereocenters. The third kappa shape index (κ3) is 3.05. The van der Waals surface area contributed by atoms with Crippen molar-refractivity contribution in [1.29, 1.82) is 0 Å². The molecule has 0 aliphatic rings. The molecule has 0 saturated heterocycles. The summed E-state index contributed by atoms with van der Waals surface area (Å²) >= 11 is 1.30. The van der Waals surface area contributed by atoms with E-state index in [-0.39, 0.29) is 5.91 Å². The summed E-state index contributed by atoms with van der Waals surface area (Å²) in [5.41, 5.74) is 2.41. The van der Waals surface area contributed by atoms with Crippen molar-refractivity contribution in [3.05, 3.63) is 46.0 Å². The van der Waals surface area contributed by atoms with Crippen LogP contribution in [0.5, 0.6) is 0 Å². The first-order valence-electron chi connectivity index (χ1n) is 7.39. The topological polar surface area (TPSA) is 85.0 Å². The van der Waals surface area contributed by atoms with E-state index < -0.39 is 0 Å². The van der Waals surface area contributed by atoms with Crippen molar-refractivity contribution < 1.29 is 9.32 Å². The first-order valence-corrected chi connectivity index (χ1v) is 8.21. The second kappa shape index (κ2) is 6.48. The maximum Gasteiger partial charge on any atom is 0.265 e. The highest BCUT2D eigenvalue weighted by atomic mass is 32.1. The minimum atomic E-state index is -0.0906. The van der Waals surface area contributed by atoms with Crippen molar-refractivity contribution in [2.45, 2.75) is 27.3 Å². The summed E-state index contributed by atoms with van der Waals surface area (Å²) in [6.07, 6.45) is 3.31. The Morgan fingerprint density at radius 3 is 2.54 bits per heavy atom. The highest BCUT2D eigenvalue weighted by molar-refractivity contribution is 7.17. The molecule has 3 aromatic rings. The Hall–Kier alpha value is -2.61. The minimum Gasteiger partial charge on any atom is -0.361 e. The summed E-state index contributed by atoms with van der Waals surface area (Å²) in [7, 11) is 1.76. The second-order valence-corrected chi connectivity index (χ2v) is 6.47. The van der Waals surface area contributed by atoms with Gasteiger partial charge in [0.15, 0.2) is 10.8 Å². The maximum atomic E-state index is 12.8. The fourth-order valence-corrected chi connectivity index (χ4v) is 3.32. The lowest BCUT2D eigenvalue weighted by Crippen LogP contribution is -2.26. The summed E-state index contributed by atoms with van der Waals surface area (Å²) in [5, 5.41) is 4.56. The van der Waals surface area contributed by atoms with E-state index in [0.29, 0.717) is 27.9 Å². The van der Waals surface area contributed by atoms with Crippen molar-refractivity contribution in [3.63, 3.8) is 0 Å². The molecule has 3 aromatic heterocycles. The standard InChI is InChI=1S/C16H17N5O2S/c1-9-12(11(3)23-20-9)8-21(4)16(22)13-10(2)19-15(24-13)14-17-6-5-7-18-14/h5-7H,8H2,1-4H3. The molecule has 0 bridgehead atoms. The van der Waals surface area contributed by atoms with Crippen LogP contribution in [0.2, 0.25) is 0 Å². The molecule has 24 heavy (non-hydrogen) atoms. The molecule has 0 fully saturated rings. The van der Waals surface area contributed by atoms with Crippen LogP contribution in [0, 0.1) is 20.8 Å². The first-order chi connectivity index (χ1) is 11.5. The number of carbonyl (C=O) groups excluding carboxylic acids is 1. The SMILES string of the molecule is Cc1nc(-c2ncccn2)sc1C(=O)N(C)Cc1c(C)noc1C. The number of rotatable bonds is 4. The van der Waals surface area contributed by atoms with Crippen molar-refractivity contribution >= 4 is 17.2 Å². The van der Waals surface area contributed by atoms with Crippen LogP contribution in [0.4, 0.5) is 0 Å². The van der Waals surface area contributed by atoms with Gasteiger partial charge in [-0.05, 0) is 26.8 Å². The predicted octanol–water partition coefficient (Wildman–Crippen LogP) is 2.79. The molecule has 3 heterocycles. The van der Waals surface area contributed by atoms with Crippen LogP contribution < -0.4 is 0 Å². The molecule has 124 valence electrons. The molecule has 0 unspecified atom stereocenters. The summed E-state index contributed by atoms with van der Waals surface area (Å²) in [6.45, 7) is 5.97. The van der Waals surface area contributed by atoms with Crippen LogP contribution in [-0.4, -0.2) is 38.0 Å². The summed E-state index contributed by atoms with van der Waals surface area (Å²) in [5.74, 6) is 1.16. The number of thiazole rings is 1. The largest absolute Gasteiger partial charge is 0.361 e. The van der Waals surface area contributed by atoms with E-state index in [4.69, 9.17) is 4.52 Å². The van der Waals surface area contributed by atoms with Crippen molar-refractivity contribution in [2.24, 2.45) is 0 Å². The van der Waals surface area contributed by atoms with Gasteiger partial charge in [0.1, 0.15) is 10.6 Å². The number of amides is 1. The van der Waals surface area contributed by atoms with Gasteiger partial charge in [0, 0.05) is 25.0 Å². The van der Waals surface area contributed by atoms with E-state index in [9.17, 15) is 4.79 Å². The van der Waals surface area contributed by atoms with E-state index in [0.717, 1.165) is 17.0 Å². The monoisotopic (exact) mass is 343 g/mol. The van der Waals surface area contributed by atoms with Crippen molar-refractivity contribution in [2.75, 3.05) is 7.05 Å². The summed E-state index contributed by atoms with van der Waals surface area (Å²) in [4.78, 5) is 27.8. The lowest BCUT2D eigenvalue weighted by molar-refractivity contribution is 0.0788. The Morgan fingerprint density at radius 2 is 1.92 bits per heavy atom. The molecular formula is C16H17N5O2S. The number of aromatic nitrogens is 4. The van der Waals surface area contributed by atoms with Gasteiger partial charge in [-0.1, -0.05) is 5.16 Å². The van der Waals surface area contributed by atoms with Gasteiger partial charge >= 0.3 is 0 Å². The van der Waals surface area contributed by atoms with Crippen LogP contribution in [0.15, 0.2) is 23.0 Å². The van der Waals surface area contributed by atoms with Gasteiger partial charge < -0.3 is 9.42 Å². The van der Waals surface area contributed by atoms with E-state index in [1.165, 1.54) is 11.3 Å². The quantitative estimate of drug-likeness (QED) is 0.724. The van der Waals surface area contributed by atoms with Gasteiger partial charge in [-0.3, -0.25) is 4.79 Å². The number of hydrogen-bond donors (Lipinski definition) is 0. The van der Waals surface area contributed by atoms with Crippen molar-refractivity contribution in [3.8, 4) is 10.8 Å². The highest BCUT2D eigenvalue weighted by Crippen LogP contribution is 2.26. The van der Waals surface area contributed by atoms with Crippen LogP contribution in [0.25, 0.3) is 10.8 Å². The number of carbonyl (C=O) groups is 1. The Labute approximate surface area is 143 Å². The van der Waals surface area contributed by atoms with Crippen molar-refractivity contribution in [1.82, 2.24) is 25.0 Å². The normalized spacial score (nSPS) is 10.8. The third-order valence-corrected chi connectivity index (χ3v) is 4.81. The predicted molar refractivity (Wildman–Crippen MR) is 89.7 cm³/mol. The molecule has 0 spiro atoms. The Kier molecular flexibility index (Phi) is 4.39.